The highest BCUT2D eigenvalue weighted by molar-refractivity contribution is 5.91. The number of carbonyl (C=O) groups is 1. The molecule has 0 heterocycles. The summed E-state index contributed by atoms with van der Waals surface area (Å²) >= 11 is 0. The maximum atomic E-state index is 12.3. The Morgan fingerprint density at radius 1 is 1.08 bits per heavy atom. The highest BCUT2D eigenvalue weighted by Gasteiger charge is 2.12. The van der Waals surface area contributed by atoms with Gasteiger partial charge in [0.2, 0.25) is 0 Å². The summed E-state index contributed by atoms with van der Waals surface area (Å²) in [5.74, 6) is 0.372. The van der Waals surface area contributed by atoms with Crippen LogP contribution in [-0.2, 0) is 6.42 Å². The van der Waals surface area contributed by atoms with E-state index in [0.717, 1.165) is 25.1 Å². The van der Waals surface area contributed by atoms with Gasteiger partial charge in [-0.15, -0.1) is 0 Å². The second-order valence-electron chi connectivity index (χ2n) is 6.88. The summed E-state index contributed by atoms with van der Waals surface area (Å²) in [4.78, 5) is 14.5. The van der Waals surface area contributed by atoms with Crippen LogP contribution in [0.5, 0.6) is 0 Å². The second-order valence-corrected chi connectivity index (χ2v) is 6.88. The lowest BCUT2D eigenvalue weighted by atomic mass is 9.96. The number of aryl methyl sites for hydroxylation is 1. The predicted molar refractivity (Wildman–Crippen MR) is 111 cm³/mol. The quantitative estimate of drug-likeness (QED) is 0.655. The van der Waals surface area contributed by atoms with E-state index in [0.29, 0.717) is 12.5 Å². The van der Waals surface area contributed by atoms with Crippen LogP contribution in [0.15, 0.2) is 48.5 Å². The maximum absolute atomic E-state index is 12.3. The lowest BCUT2D eigenvalue weighted by Gasteiger charge is -2.20. The molecule has 0 radical (unpaired) electrons. The van der Waals surface area contributed by atoms with Gasteiger partial charge < -0.3 is 15.5 Å². The number of urea groups is 1. The first-order chi connectivity index (χ1) is 12.5. The van der Waals surface area contributed by atoms with E-state index in [-0.39, 0.29) is 6.03 Å². The van der Waals surface area contributed by atoms with E-state index in [1.54, 1.807) is 0 Å². The van der Waals surface area contributed by atoms with Gasteiger partial charge in [0.15, 0.2) is 0 Å². The molecule has 2 N–H and O–H groups in total. The van der Waals surface area contributed by atoms with Crippen molar-refractivity contribution >= 4 is 17.4 Å². The van der Waals surface area contributed by atoms with Crippen molar-refractivity contribution in [3.63, 3.8) is 0 Å². The van der Waals surface area contributed by atoms with Gasteiger partial charge in [0.1, 0.15) is 0 Å². The number of nitrogens with zero attached hydrogens (tertiary/aromatic N) is 1. The van der Waals surface area contributed by atoms with Gasteiger partial charge in [0.05, 0.1) is 0 Å². The minimum absolute atomic E-state index is 0.129. The minimum atomic E-state index is -0.129. The molecule has 0 saturated carbocycles. The van der Waals surface area contributed by atoms with Crippen LogP contribution >= 0.6 is 0 Å². The number of benzene rings is 2. The van der Waals surface area contributed by atoms with Crippen LogP contribution in [0.1, 0.15) is 44.2 Å². The number of amides is 2. The van der Waals surface area contributed by atoms with Crippen LogP contribution in [0.2, 0.25) is 0 Å². The molecule has 0 aliphatic carbocycles. The number of nitrogens with one attached hydrogen (secondary N) is 2. The molecule has 140 valence electrons. The van der Waals surface area contributed by atoms with E-state index < -0.39 is 0 Å². The summed E-state index contributed by atoms with van der Waals surface area (Å²) in [6.07, 6.45) is 1.79. The van der Waals surface area contributed by atoms with Gasteiger partial charge >= 0.3 is 6.03 Å². The van der Waals surface area contributed by atoms with Crippen LogP contribution in [0.25, 0.3) is 0 Å². The van der Waals surface area contributed by atoms with Gasteiger partial charge in [-0.05, 0) is 42.0 Å². The van der Waals surface area contributed by atoms with Crippen molar-refractivity contribution in [2.45, 2.75) is 39.5 Å². The number of hydrogen-bond donors (Lipinski definition) is 2. The first kappa shape index (κ1) is 19.8. The van der Waals surface area contributed by atoms with Crippen molar-refractivity contribution in [2.24, 2.45) is 0 Å². The zero-order chi connectivity index (χ0) is 18.9. The topological polar surface area (TPSA) is 44.4 Å². The Labute approximate surface area is 157 Å². The molecule has 4 nitrogen and oxygen atoms in total. The van der Waals surface area contributed by atoms with Crippen molar-refractivity contribution in [3.8, 4) is 0 Å². The van der Waals surface area contributed by atoms with Gasteiger partial charge in [-0.25, -0.2) is 4.79 Å². The van der Waals surface area contributed by atoms with Crippen molar-refractivity contribution in [2.75, 3.05) is 30.4 Å². The number of anilines is 2. The zero-order valence-corrected chi connectivity index (χ0v) is 16.4. The Bertz CT molecular complexity index is 698. The Morgan fingerprint density at radius 3 is 2.46 bits per heavy atom. The third kappa shape index (κ3) is 5.51. The van der Waals surface area contributed by atoms with Gasteiger partial charge in [0, 0.05) is 31.5 Å². The SMILES string of the molecule is CCc1cccc(C(C)C)c1NC(=O)NCCCN(C)c1ccccc1. The van der Waals surface area contributed by atoms with E-state index in [9.17, 15) is 4.79 Å². The Hall–Kier alpha value is -2.49. The molecule has 4 heteroatoms. The van der Waals surface area contributed by atoms with Gasteiger partial charge in [-0.1, -0.05) is 57.2 Å². The molecule has 0 fully saturated rings. The largest absolute Gasteiger partial charge is 0.375 e. The van der Waals surface area contributed by atoms with E-state index in [4.69, 9.17) is 0 Å². The minimum Gasteiger partial charge on any atom is -0.375 e. The van der Waals surface area contributed by atoms with E-state index in [1.165, 1.54) is 16.8 Å². The smallest absolute Gasteiger partial charge is 0.319 e. The van der Waals surface area contributed by atoms with E-state index in [2.05, 4.69) is 73.7 Å². The normalized spacial score (nSPS) is 10.7. The third-order valence-electron chi connectivity index (χ3n) is 4.58. The van der Waals surface area contributed by atoms with Crippen LogP contribution in [0, 0.1) is 0 Å². The van der Waals surface area contributed by atoms with Gasteiger partial charge in [0.25, 0.3) is 0 Å². The molecule has 0 spiro atoms. The average Bonchev–Trinajstić information content (AvgIpc) is 2.65. The predicted octanol–water partition coefficient (Wildman–Crippen LogP) is 5.02. The summed E-state index contributed by atoms with van der Waals surface area (Å²) in [5, 5.41) is 6.05. The van der Waals surface area contributed by atoms with Gasteiger partial charge in [-0.2, -0.15) is 0 Å². The molecule has 26 heavy (non-hydrogen) atoms. The molecule has 2 aromatic carbocycles. The highest BCUT2D eigenvalue weighted by Crippen LogP contribution is 2.28. The molecule has 0 bridgehead atoms. The fourth-order valence-electron chi connectivity index (χ4n) is 3.04. The molecule has 0 aliphatic rings. The molecule has 0 aliphatic heterocycles. The fraction of sp³-hybridized carbons (Fsp3) is 0.409. The standard InChI is InChI=1S/C22H31N3O/c1-5-18-11-9-14-20(17(2)3)21(18)24-22(26)23-15-10-16-25(4)19-12-7-6-8-13-19/h6-9,11-14,17H,5,10,15-16H2,1-4H3,(H2,23,24,26). The summed E-state index contributed by atoms with van der Waals surface area (Å²) in [7, 11) is 2.07. The Kier molecular flexibility index (Phi) is 7.52. The molecular formula is C22H31N3O. The molecule has 0 unspecified atom stereocenters. The van der Waals surface area contributed by atoms with Crippen molar-refractivity contribution in [1.82, 2.24) is 5.32 Å². The fourth-order valence-corrected chi connectivity index (χ4v) is 3.04. The first-order valence-electron chi connectivity index (χ1n) is 9.45. The molecule has 0 aromatic heterocycles. The monoisotopic (exact) mass is 353 g/mol. The van der Waals surface area contributed by atoms with Crippen molar-refractivity contribution < 1.29 is 4.79 Å². The van der Waals surface area contributed by atoms with Crippen LogP contribution in [0.3, 0.4) is 0 Å². The highest BCUT2D eigenvalue weighted by atomic mass is 16.2. The van der Waals surface area contributed by atoms with Crippen LogP contribution in [-0.4, -0.2) is 26.2 Å². The molecule has 2 amide bonds. The number of rotatable bonds is 8. The Balaban J connectivity index is 1.84. The lowest BCUT2D eigenvalue weighted by Crippen LogP contribution is -2.32. The zero-order valence-electron chi connectivity index (χ0n) is 16.4. The van der Waals surface area contributed by atoms with Crippen molar-refractivity contribution in [3.05, 3.63) is 59.7 Å². The number of hydrogen-bond acceptors (Lipinski definition) is 2. The summed E-state index contributed by atoms with van der Waals surface area (Å²) < 4.78 is 0. The van der Waals surface area contributed by atoms with Crippen LogP contribution in [0.4, 0.5) is 16.2 Å². The second kappa shape index (κ2) is 9.85. The summed E-state index contributed by atoms with van der Waals surface area (Å²) in [5.41, 5.74) is 4.51. The van der Waals surface area contributed by atoms with Crippen molar-refractivity contribution in [1.29, 1.82) is 0 Å². The Morgan fingerprint density at radius 2 is 1.81 bits per heavy atom. The molecule has 0 saturated heterocycles. The van der Waals surface area contributed by atoms with E-state index in [1.807, 2.05) is 18.2 Å². The molecule has 2 rings (SSSR count). The first-order valence-corrected chi connectivity index (χ1v) is 9.45. The van der Waals surface area contributed by atoms with E-state index >= 15 is 0 Å². The third-order valence-corrected chi connectivity index (χ3v) is 4.58. The lowest BCUT2D eigenvalue weighted by molar-refractivity contribution is 0.252. The molecule has 0 atom stereocenters. The molecular weight excluding hydrogens is 322 g/mol. The van der Waals surface area contributed by atoms with Gasteiger partial charge in [-0.3, -0.25) is 0 Å². The summed E-state index contributed by atoms with van der Waals surface area (Å²) in [6, 6.07) is 16.4. The summed E-state index contributed by atoms with van der Waals surface area (Å²) in [6.45, 7) is 7.96. The molecule has 2 aromatic rings. The number of carbonyl (C=O) groups excluding carboxylic acids is 1. The van der Waals surface area contributed by atoms with Crippen LogP contribution < -0.4 is 15.5 Å². The average molecular weight is 354 g/mol. The number of para-hydroxylation sites is 2. The maximum Gasteiger partial charge on any atom is 0.319 e.